The van der Waals surface area contributed by atoms with E-state index in [1.165, 1.54) is 0 Å². The minimum absolute atomic E-state index is 0.0693. The van der Waals surface area contributed by atoms with Gasteiger partial charge < -0.3 is 10.1 Å². The Balaban J connectivity index is 2.89. The first-order valence-corrected chi connectivity index (χ1v) is 4.68. The fourth-order valence-electron chi connectivity index (χ4n) is 0.966. The SMILES string of the molecule is CCC(=O)Nc1cc(OC)ccc1Cl. The molecule has 0 bridgehead atoms. The highest BCUT2D eigenvalue weighted by Crippen LogP contribution is 2.26. The van der Waals surface area contributed by atoms with Crippen molar-refractivity contribution in [3.63, 3.8) is 0 Å². The first kappa shape index (κ1) is 10.9. The highest BCUT2D eigenvalue weighted by atomic mass is 35.5. The number of benzene rings is 1. The lowest BCUT2D eigenvalue weighted by Crippen LogP contribution is -2.09. The quantitative estimate of drug-likeness (QED) is 0.839. The molecule has 0 unspecified atom stereocenters. The maximum Gasteiger partial charge on any atom is 0.224 e. The summed E-state index contributed by atoms with van der Waals surface area (Å²) in [6, 6.07) is 5.12. The molecule has 76 valence electrons. The lowest BCUT2D eigenvalue weighted by molar-refractivity contribution is -0.115. The van der Waals surface area contributed by atoms with Crippen LogP contribution >= 0.6 is 11.6 Å². The number of amides is 1. The van der Waals surface area contributed by atoms with Crippen LogP contribution in [0.2, 0.25) is 5.02 Å². The monoisotopic (exact) mass is 213 g/mol. The van der Waals surface area contributed by atoms with Crippen molar-refractivity contribution in [2.45, 2.75) is 13.3 Å². The topological polar surface area (TPSA) is 38.3 Å². The molecular weight excluding hydrogens is 202 g/mol. The number of rotatable bonds is 3. The number of halogens is 1. The molecular formula is C10H12ClNO2. The number of anilines is 1. The predicted molar refractivity (Wildman–Crippen MR) is 56.9 cm³/mol. The molecule has 0 aliphatic heterocycles. The van der Waals surface area contributed by atoms with Gasteiger partial charge in [-0.25, -0.2) is 0 Å². The van der Waals surface area contributed by atoms with Gasteiger partial charge in [-0.1, -0.05) is 18.5 Å². The number of methoxy groups -OCH3 is 1. The Kier molecular flexibility index (Phi) is 3.77. The summed E-state index contributed by atoms with van der Waals surface area (Å²) < 4.78 is 5.02. The standard InChI is InChI=1S/C10H12ClNO2/c1-3-10(13)12-9-6-7(14-2)4-5-8(9)11/h4-6H,3H2,1-2H3,(H,12,13). The highest BCUT2D eigenvalue weighted by molar-refractivity contribution is 6.33. The number of nitrogens with one attached hydrogen (secondary N) is 1. The van der Waals surface area contributed by atoms with Crippen molar-refractivity contribution in [1.29, 1.82) is 0 Å². The van der Waals surface area contributed by atoms with Gasteiger partial charge in [0, 0.05) is 12.5 Å². The molecule has 0 heterocycles. The lowest BCUT2D eigenvalue weighted by atomic mass is 10.3. The second-order valence-electron chi connectivity index (χ2n) is 2.75. The van der Waals surface area contributed by atoms with Crippen molar-refractivity contribution >= 4 is 23.2 Å². The first-order chi connectivity index (χ1) is 6.67. The molecule has 1 N–H and O–H groups in total. The molecule has 3 nitrogen and oxygen atoms in total. The molecule has 0 aliphatic carbocycles. The minimum Gasteiger partial charge on any atom is -0.497 e. The van der Waals surface area contributed by atoms with Crippen LogP contribution in [0.3, 0.4) is 0 Å². The molecule has 0 spiro atoms. The fraction of sp³-hybridized carbons (Fsp3) is 0.300. The van der Waals surface area contributed by atoms with Crippen LogP contribution in [0.1, 0.15) is 13.3 Å². The molecule has 0 aliphatic rings. The molecule has 0 atom stereocenters. The van der Waals surface area contributed by atoms with Crippen molar-refractivity contribution in [2.24, 2.45) is 0 Å². The number of ether oxygens (including phenoxy) is 1. The Labute approximate surface area is 88.0 Å². The van der Waals surface area contributed by atoms with Crippen LogP contribution in [0.25, 0.3) is 0 Å². The van der Waals surface area contributed by atoms with E-state index in [9.17, 15) is 4.79 Å². The van der Waals surface area contributed by atoms with Crippen molar-refractivity contribution in [3.05, 3.63) is 23.2 Å². The number of hydrogen-bond donors (Lipinski definition) is 1. The second kappa shape index (κ2) is 4.86. The van der Waals surface area contributed by atoms with Gasteiger partial charge in [0.1, 0.15) is 5.75 Å². The Morgan fingerprint density at radius 2 is 2.29 bits per heavy atom. The van der Waals surface area contributed by atoms with E-state index in [0.29, 0.717) is 22.9 Å². The Morgan fingerprint density at radius 1 is 1.57 bits per heavy atom. The minimum atomic E-state index is -0.0693. The molecule has 0 saturated carbocycles. The van der Waals surface area contributed by atoms with E-state index in [1.54, 1.807) is 32.2 Å². The molecule has 1 amide bonds. The molecule has 0 fully saturated rings. The summed E-state index contributed by atoms with van der Waals surface area (Å²) in [5.41, 5.74) is 0.581. The third-order valence-electron chi connectivity index (χ3n) is 1.77. The van der Waals surface area contributed by atoms with Gasteiger partial charge in [-0.05, 0) is 12.1 Å². The van der Waals surface area contributed by atoms with Gasteiger partial charge >= 0.3 is 0 Å². The van der Waals surface area contributed by atoms with Crippen molar-refractivity contribution in [2.75, 3.05) is 12.4 Å². The Bertz CT molecular complexity index is 339. The smallest absolute Gasteiger partial charge is 0.224 e. The van der Waals surface area contributed by atoms with Crippen molar-refractivity contribution < 1.29 is 9.53 Å². The maximum absolute atomic E-state index is 11.1. The third-order valence-corrected chi connectivity index (χ3v) is 2.10. The normalized spacial score (nSPS) is 9.64. The van der Waals surface area contributed by atoms with E-state index in [-0.39, 0.29) is 5.91 Å². The number of carbonyl (C=O) groups is 1. The molecule has 0 saturated heterocycles. The van der Waals surface area contributed by atoms with Crippen molar-refractivity contribution in [1.82, 2.24) is 0 Å². The van der Waals surface area contributed by atoms with Crippen LogP contribution in [0.4, 0.5) is 5.69 Å². The maximum atomic E-state index is 11.1. The molecule has 0 radical (unpaired) electrons. The van der Waals surface area contributed by atoms with E-state index >= 15 is 0 Å². The number of hydrogen-bond acceptors (Lipinski definition) is 2. The lowest BCUT2D eigenvalue weighted by Gasteiger charge is -2.07. The van der Waals surface area contributed by atoms with E-state index < -0.39 is 0 Å². The molecule has 0 aromatic heterocycles. The average molecular weight is 214 g/mol. The third kappa shape index (κ3) is 2.64. The zero-order valence-corrected chi connectivity index (χ0v) is 8.89. The Morgan fingerprint density at radius 3 is 2.86 bits per heavy atom. The molecule has 4 heteroatoms. The summed E-state index contributed by atoms with van der Waals surface area (Å²) in [4.78, 5) is 11.1. The second-order valence-corrected chi connectivity index (χ2v) is 3.15. The van der Waals surface area contributed by atoms with Crippen LogP contribution in [-0.2, 0) is 4.79 Å². The van der Waals surface area contributed by atoms with Crippen LogP contribution in [0.15, 0.2) is 18.2 Å². The van der Waals surface area contributed by atoms with Gasteiger partial charge in [0.05, 0.1) is 17.8 Å². The van der Waals surface area contributed by atoms with Gasteiger partial charge in [-0.15, -0.1) is 0 Å². The Hall–Kier alpha value is -1.22. The molecule has 1 aromatic rings. The van der Waals surface area contributed by atoms with Crippen LogP contribution in [0.5, 0.6) is 5.75 Å². The van der Waals surface area contributed by atoms with Gasteiger partial charge in [-0.2, -0.15) is 0 Å². The van der Waals surface area contributed by atoms with E-state index in [1.807, 2.05) is 0 Å². The summed E-state index contributed by atoms with van der Waals surface area (Å²) in [5.74, 6) is 0.598. The van der Waals surface area contributed by atoms with Gasteiger partial charge in [0.15, 0.2) is 0 Å². The molecule has 14 heavy (non-hydrogen) atoms. The summed E-state index contributed by atoms with van der Waals surface area (Å²) in [5, 5.41) is 3.19. The number of carbonyl (C=O) groups excluding carboxylic acids is 1. The average Bonchev–Trinajstić information content (AvgIpc) is 2.21. The summed E-state index contributed by atoms with van der Waals surface area (Å²) in [6.45, 7) is 1.78. The molecule has 1 aromatic carbocycles. The van der Waals surface area contributed by atoms with E-state index in [4.69, 9.17) is 16.3 Å². The van der Waals surface area contributed by atoms with Crippen LogP contribution in [0, 0.1) is 0 Å². The first-order valence-electron chi connectivity index (χ1n) is 4.30. The summed E-state index contributed by atoms with van der Waals surface area (Å²) in [7, 11) is 1.56. The zero-order chi connectivity index (χ0) is 10.6. The zero-order valence-electron chi connectivity index (χ0n) is 8.13. The largest absolute Gasteiger partial charge is 0.497 e. The highest BCUT2D eigenvalue weighted by Gasteiger charge is 2.04. The van der Waals surface area contributed by atoms with Gasteiger partial charge in [-0.3, -0.25) is 4.79 Å². The predicted octanol–water partition coefficient (Wildman–Crippen LogP) is 2.70. The van der Waals surface area contributed by atoms with E-state index in [0.717, 1.165) is 0 Å². The van der Waals surface area contributed by atoms with E-state index in [2.05, 4.69) is 5.32 Å². The van der Waals surface area contributed by atoms with Gasteiger partial charge in [0.25, 0.3) is 0 Å². The van der Waals surface area contributed by atoms with Crippen LogP contribution in [-0.4, -0.2) is 13.0 Å². The van der Waals surface area contributed by atoms with Gasteiger partial charge in [0.2, 0.25) is 5.91 Å². The summed E-state index contributed by atoms with van der Waals surface area (Å²) >= 11 is 5.88. The van der Waals surface area contributed by atoms with Crippen LogP contribution < -0.4 is 10.1 Å². The molecule has 1 rings (SSSR count). The summed E-state index contributed by atoms with van der Waals surface area (Å²) in [6.07, 6.45) is 0.424. The van der Waals surface area contributed by atoms with Crippen molar-refractivity contribution in [3.8, 4) is 5.75 Å². The fourth-order valence-corrected chi connectivity index (χ4v) is 1.13.